The van der Waals surface area contributed by atoms with E-state index in [9.17, 15) is 14.9 Å². The standard InChI is InChI=1S/C11H6BrNO5S/c12-8-2-1-6(13(16)17)3-9(8)18-7-4-10(11(14)15)19-5-7/h1-5H,(H,14,15). The molecule has 2 aromatic rings. The Balaban J connectivity index is 2.29. The molecule has 0 aliphatic carbocycles. The molecule has 6 nitrogen and oxygen atoms in total. The van der Waals surface area contributed by atoms with Crippen LogP contribution in [0.2, 0.25) is 0 Å². The molecule has 1 aromatic heterocycles. The molecular weight excluding hydrogens is 338 g/mol. The highest BCUT2D eigenvalue weighted by Gasteiger charge is 2.13. The number of benzene rings is 1. The third-order valence-corrected chi connectivity index (χ3v) is 3.69. The maximum Gasteiger partial charge on any atom is 0.346 e. The number of non-ortho nitro benzene ring substituents is 1. The summed E-state index contributed by atoms with van der Waals surface area (Å²) in [5.74, 6) is -0.467. The van der Waals surface area contributed by atoms with E-state index < -0.39 is 10.9 Å². The Morgan fingerprint density at radius 1 is 1.42 bits per heavy atom. The Labute approximate surface area is 119 Å². The van der Waals surface area contributed by atoms with Crippen molar-refractivity contribution < 1.29 is 19.6 Å². The number of ether oxygens (including phenoxy) is 1. The van der Waals surface area contributed by atoms with Gasteiger partial charge in [0.1, 0.15) is 16.4 Å². The molecule has 19 heavy (non-hydrogen) atoms. The van der Waals surface area contributed by atoms with E-state index in [4.69, 9.17) is 9.84 Å². The van der Waals surface area contributed by atoms with Crippen LogP contribution in [0.5, 0.6) is 11.5 Å². The Hall–Kier alpha value is -1.93. The summed E-state index contributed by atoms with van der Waals surface area (Å²) in [5.41, 5.74) is -0.105. The summed E-state index contributed by atoms with van der Waals surface area (Å²) in [7, 11) is 0. The molecule has 1 aromatic carbocycles. The summed E-state index contributed by atoms with van der Waals surface area (Å²) in [6.07, 6.45) is 0. The van der Waals surface area contributed by atoms with Gasteiger partial charge in [0.25, 0.3) is 5.69 Å². The number of hydrogen-bond donors (Lipinski definition) is 1. The second-order valence-electron chi connectivity index (χ2n) is 3.43. The van der Waals surface area contributed by atoms with Crippen LogP contribution in [0.15, 0.2) is 34.1 Å². The highest BCUT2D eigenvalue weighted by Crippen LogP contribution is 2.34. The number of aromatic carboxylic acids is 1. The van der Waals surface area contributed by atoms with Gasteiger partial charge in [0.15, 0.2) is 0 Å². The summed E-state index contributed by atoms with van der Waals surface area (Å²) >= 11 is 4.23. The van der Waals surface area contributed by atoms with Crippen LogP contribution >= 0.6 is 27.3 Å². The molecule has 2 rings (SSSR count). The largest absolute Gasteiger partial charge is 0.477 e. The van der Waals surface area contributed by atoms with Gasteiger partial charge in [-0.2, -0.15) is 0 Å². The maximum atomic E-state index is 10.7. The Morgan fingerprint density at radius 3 is 2.74 bits per heavy atom. The first-order chi connectivity index (χ1) is 8.97. The number of hydrogen-bond acceptors (Lipinski definition) is 5. The van der Waals surface area contributed by atoms with Gasteiger partial charge in [-0.1, -0.05) is 0 Å². The zero-order chi connectivity index (χ0) is 14.0. The number of nitrogens with zero attached hydrogens (tertiary/aromatic N) is 1. The fourth-order valence-electron chi connectivity index (χ4n) is 1.30. The van der Waals surface area contributed by atoms with E-state index in [-0.39, 0.29) is 16.3 Å². The molecule has 0 bridgehead atoms. The van der Waals surface area contributed by atoms with Crippen molar-refractivity contribution in [2.24, 2.45) is 0 Å². The van der Waals surface area contributed by atoms with Crippen LogP contribution in [-0.4, -0.2) is 16.0 Å². The molecule has 0 amide bonds. The van der Waals surface area contributed by atoms with Crippen LogP contribution in [-0.2, 0) is 0 Å². The van der Waals surface area contributed by atoms with Gasteiger partial charge in [-0.25, -0.2) is 4.79 Å². The first kappa shape index (κ1) is 13.5. The van der Waals surface area contributed by atoms with E-state index in [1.54, 1.807) is 0 Å². The lowest BCUT2D eigenvalue weighted by atomic mass is 10.3. The number of nitro groups is 1. The van der Waals surface area contributed by atoms with Gasteiger partial charge in [0.05, 0.1) is 15.5 Å². The number of carbonyl (C=O) groups is 1. The first-order valence-electron chi connectivity index (χ1n) is 4.91. The summed E-state index contributed by atoms with van der Waals surface area (Å²) in [5, 5.41) is 21.0. The Kier molecular flexibility index (Phi) is 3.82. The third kappa shape index (κ3) is 3.09. The second kappa shape index (κ2) is 5.37. The SMILES string of the molecule is O=C(O)c1cc(Oc2cc([N+](=O)[O-])ccc2Br)cs1. The van der Waals surface area contributed by atoms with Crippen molar-refractivity contribution in [3.8, 4) is 11.5 Å². The summed E-state index contributed by atoms with van der Waals surface area (Å²) in [6.45, 7) is 0. The normalized spacial score (nSPS) is 10.2. The van der Waals surface area contributed by atoms with Crippen LogP contribution in [0.4, 0.5) is 5.69 Å². The Bertz CT molecular complexity index is 654. The van der Waals surface area contributed by atoms with E-state index in [2.05, 4.69) is 15.9 Å². The van der Waals surface area contributed by atoms with Crippen molar-refractivity contribution in [3.05, 3.63) is 49.1 Å². The topological polar surface area (TPSA) is 89.7 Å². The molecule has 8 heteroatoms. The number of carboxylic acids is 1. The van der Waals surface area contributed by atoms with Crippen molar-refractivity contribution in [2.75, 3.05) is 0 Å². The van der Waals surface area contributed by atoms with Gasteiger partial charge >= 0.3 is 5.97 Å². The molecule has 0 fully saturated rings. The van der Waals surface area contributed by atoms with Gasteiger partial charge in [0.2, 0.25) is 0 Å². The molecule has 0 spiro atoms. The number of carboxylic acid groups (broad SMARTS) is 1. The van der Waals surface area contributed by atoms with E-state index >= 15 is 0 Å². The summed E-state index contributed by atoms with van der Waals surface area (Å²) in [4.78, 5) is 21.0. The van der Waals surface area contributed by atoms with Crippen LogP contribution in [0, 0.1) is 10.1 Å². The number of rotatable bonds is 4. The molecule has 0 atom stereocenters. The molecule has 0 aliphatic rings. The second-order valence-corrected chi connectivity index (χ2v) is 5.19. The fourth-order valence-corrected chi connectivity index (χ4v) is 2.27. The van der Waals surface area contributed by atoms with Gasteiger partial charge < -0.3 is 9.84 Å². The van der Waals surface area contributed by atoms with Crippen molar-refractivity contribution >= 4 is 38.9 Å². The average Bonchev–Trinajstić information content (AvgIpc) is 2.80. The lowest BCUT2D eigenvalue weighted by molar-refractivity contribution is -0.384. The van der Waals surface area contributed by atoms with Crippen molar-refractivity contribution in [2.45, 2.75) is 0 Å². The zero-order valence-corrected chi connectivity index (χ0v) is 11.6. The highest BCUT2D eigenvalue weighted by molar-refractivity contribution is 9.10. The van der Waals surface area contributed by atoms with Crippen LogP contribution < -0.4 is 4.74 Å². The molecule has 0 aliphatic heterocycles. The van der Waals surface area contributed by atoms with E-state index in [1.165, 1.54) is 29.6 Å². The maximum absolute atomic E-state index is 10.7. The number of thiophene rings is 1. The molecule has 0 saturated carbocycles. The van der Waals surface area contributed by atoms with Crippen molar-refractivity contribution in [1.82, 2.24) is 0 Å². The summed E-state index contributed by atoms with van der Waals surface area (Å²) in [6, 6.07) is 5.46. The minimum Gasteiger partial charge on any atom is -0.477 e. The lowest BCUT2D eigenvalue weighted by Gasteiger charge is -2.05. The quantitative estimate of drug-likeness (QED) is 0.671. The lowest BCUT2D eigenvalue weighted by Crippen LogP contribution is -1.91. The predicted molar refractivity (Wildman–Crippen MR) is 72.1 cm³/mol. The van der Waals surface area contributed by atoms with Crippen LogP contribution in [0.25, 0.3) is 0 Å². The van der Waals surface area contributed by atoms with Crippen molar-refractivity contribution in [3.63, 3.8) is 0 Å². The van der Waals surface area contributed by atoms with E-state index in [0.29, 0.717) is 10.2 Å². The third-order valence-electron chi connectivity index (χ3n) is 2.14. The smallest absolute Gasteiger partial charge is 0.346 e. The van der Waals surface area contributed by atoms with Gasteiger partial charge in [-0.15, -0.1) is 11.3 Å². The molecule has 0 saturated heterocycles. The average molecular weight is 344 g/mol. The molecule has 1 N–H and O–H groups in total. The molecule has 0 radical (unpaired) electrons. The molecule has 98 valence electrons. The minimum absolute atomic E-state index is 0.105. The van der Waals surface area contributed by atoms with E-state index in [0.717, 1.165) is 11.3 Å². The molecular formula is C11H6BrNO5S. The van der Waals surface area contributed by atoms with Crippen molar-refractivity contribution in [1.29, 1.82) is 0 Å². The highest BCUT2D eigenvalue weighted by atomic mass is 79.9. The Morgan fingerprint density at radius 2 is 2.16 bits per heavy atom. The van der Waals surface area contributed by atoms with Crippen LogP contribution in [0.1, 0.15) is 9.67 Å². The van der Waals surface area contributed by atoms with Gasteiger partial charge in [0, 0.05) is 17.5 Å². The van der Waals surface area contributed by atoms with Crippen LogP contribution in [0.3, 0.4) is 0 Å². The fraction of sp³-hybridized carbons (Fsp3) is 0. The molecule has 0 unspecified atom stereocenters. The monoisotopic (exact) mass is 343 g/mol. The van der Waals surface area contributed by atoms with E-state index in [1.807, 2.05) is 0 Å². The molecule has 1 heterocycles. The number of nitro benzene ring substituents is 1. The summed E-state index contributed by atoms with van der Waals surface area (Å²) < 4.78 is 5.97. The van der Waals surface area contributed by atoms with Gasteiger partial charge in [-0.3, -0.25) is 10.1 Å². The first-order valence-corrected chi connectivity index (χ1v) is 6.58. The van der Waals surface area contributed by atoms with Gasteiger partial charge in [-0.05, 0) is 22.0 Å². The zero-order valence-electron chi connectivity index (χ0n) is 9.20. The minimum atomic E-state index is -1.04. The number of halogens is 1. The predicted octanol–water partition coefficient (Wildman–Crippen LogP) is 3.91.